The highest BCUT2D eigenvalue weighted by Crippen LogP contribution is 2.11. The third-order valence-corrected chi connectivity index (χ3v) is 3.67. The molecule has 0 aromatic rings. The van der Waals surface area contributed by atoms with Crippen LogP contribution in [0, 0.1) is 0 Å². The van der Waals surface area contributed by atoms with Gasteiger partial charge in [0.15, 0.2) is 0 Å². The Bertz CT molecular complexity index is 160. The zero-order valence-corrected chi connectivity index (χ0v) is 12.6. The van der Waals surface area contributed by atoms with Gasteiger partial charge in [0.2, 0.25) is 0 Å². The Morgan fingerprint density at radius 1 is 1.13 bits per heavy atom. The third-order valence-electron chi connectivity index (χ3n) is 2.62. The molecule has 0 bridgehead atoms. The second-order valence-corrected chi connectivity index (χ2v) is 5.67. The summed E-state index contributed by atoms with van der Waals surface area (Å²) >= 11 is 0. The quantitative estimate of drug-likeness (QED) is 0.345. The minimum Gasteiger partial charge on any atom is -0.466 e. The average Bonchev–Trinajstić information content (AvgIpc) is 2.23. The van der Waals surface area contributed by atoms with Crippen LogP contribution in [0.25, 0.3) is 0 Å². The lowest BCUT2D eigenvalue weighted by Crippen LogP contribution is -2.13. The Hall–Kier alpha value is -0.313. The lowest BCUT2D eigenvalue weighted by atomic mass is 10.2. The first-order valence-electron chi connectivity index (χ1n) is 6.39. The molecule has 2 nitrogen and oxygen atoms in total. The fourth-order valence-corrected chi connectivity index (χ4v) is 2.32. The molecule has 1 unspecified atom stereocenters. The van der Waals surface area contributed by atoms with Crippen LogP contribution >= 0.6 is 0 Å². The van der Waals surface area contributed by atoms with Crippen molar-refractivity contribution in [2.75, 3.05) is 6.61 Å². The summed E-state index contributed by atoms with van der Waals surface area (Å²) in [6.07, 6.45) is 8.15. The highest BCUT2D eigenvalue weighted by atomic mass is 28.1. The zero-order chi connectivity index (χ0) is 11.5. The van der Waals surface area contributed by atoms with Crippen LogP contribution < -0.4 is 0 Å². The van der Waals surface area contributed by atoms with E-state index >= 15 is 0 Å². The van der Waals surface area contributed by atoms with Gasteiger partial charge in [0.25, 0.3) is 0 Å². The van der Waals surface area contributed by atoms with Crippen LogP contribution in [0.5, 0.6) is 0 Å². The first kappa shape index (κ1) is 14.7. The van der Waals surface area contributed by atoms with Gasteiger partial charge in [0.1, 0.15) is 0 Å². The molecule has 1 atom stereocenters. The van der Waals surface area contributed by atoms with Crippen molar-refractivity contribution in [2.45, 2.75) is 64.3 Å². The van der Waals surface area contributed by atoms with E-state index in [2.05, 4.69) is 13.8 Å². The molecule has 0 rings (SSSR count). The summed E-state index contributed by atoms with van der Waals surface area (Å²) in [5.74, 6) is 0.0407. The highest BCUT2D eigenvalue weighted by molar-refractivity contribution is 6.22. The average molecular weight is 230 g/mol. The van der Waals surface area contributed by atoms with Crippen LogP contribution in [0.1, 0.15) is 58.8 Å². The number of unbranched alkanes of at least 4 members (excludes halogenated alkanes) is 4. The van der Waals surface area contributed by atoms with Gasteiger partial charge in [0.05, 0.1) is 6.61 Å². The number of ether oxygens (including phenoxy) is 1. The van der Waals surface area contributed by atoms with Crippen molar-refractivity contribution >= 4 is 16.2 Å². The molecule has 15 heavy (non-hydrogen) atoms. The van der Waals surface area contributed by atoms with Crippen molar-refractivity contribution in [3.8, 4) is 0 Å². The van der Waals surface area contributed by atoms with Crippen molar-refractivity contribution in [2.24, 2.45) is 0 Å². The van der Waals surface area contributed by atoms with Crippen LogP contribution in [0.3, 0.4) is 0 Å². The topological polar surface area (TPSA) is 26.3 Å². The van der Waals surface area contributed by atoms with Gasteiger partial charge in [-0.05, 0) is 12.8 Å². The van der Waals surface area contributed by atoms with E-state index in [9.17, 15) is 4.79 Å². The van der Waals surface area contributed by atoms with E-state index in [-0.39, 0.29) is 11.5 Å². The zero-order valence-electron chi connectivity index (χ0n) is 10.6. The highest BCUT2D eigenvalue weighted by Gasteiger charge is 2.12. The van der Waals surface area contributed by atoms with Gasteiger partial charge in [-0.2, -0.15) is 0 Å². The standard InChI is InChI=1S/C12H26O2Si/c1-3-5-6-7-8-10-14-12(13)11(15)9-4-2/h11H,3-10H2,1-2,15H3. The molecule has 3 heteroatoms. The molecule has 0 aliphatic carbocycles. The van der Waals surface area contributed by atoms with Crippen LogP contribution in [0.2, 0.25) is 5.54 Å². The minimum absolute atomic E-state index is 0.0407. The summed E-state index contributed by atoms with van der Waals surface area (Å²) in [6.45, 7) is 4.95. The van der Waals surface area contributed by atoms with E-state index in [1.54, 1.807) is 0 Å². The van der Waals surface area contributed by atoms with Gasteiger partial charge in [-0.3, -0.25) is 4.79 Å². The molecule has 0 aromatic heterocycles. The number of rotatable bonds is 9. The summed E-state index contributed by atoms with van der Waals surface area (Å²) in [5.41, 5.74) is 0.214. The van der Waals surface area contributed by atoms with Gasteiger partial charge in [-0.1, -0.05) is 46.0 Å². The molecular formula is C12H26O2Si. The Kier molecular flexibility index (Phi) is 10.00. The van der Waals surface area contributed by atoms with Gasteiger partial charge >= 0.3 is 5.97 Å². The van der Waals surface area contributed by atoms with Crippen molar-refractivity contribution < 1.29 is 9.53 Å². The van der Waals surface area contributed by atoms with Crippen LogP contribution in [-0.4, -0.2) is 22.8 Å². The Labute approximate surface area is 97.2 Å². The van der Waals surface area contributed by atoms with E-state index in [0.29, 0.717) is 6.61 Å². The first-order chi connectivity index (χ1) is 7.22. The van der Waals surface area contributed by atoms with Crippen molar-refractivity contribution in [1.82, 2.24) is 0 Å². The lowest BCUT2D eigenvalue weighted by molar-refractivity contribution is -0.143. The smallest absolute Gasteiger partial charge is 0.305 e. The second-order valence-electron chi connectivity index (χ2n) is 4.27. The van der Waals surface area contributed by atoms with Crippen molar-refractivity contribution in [3.05, 3.63) is 0 Å². The van der Waals surface area contributed by atoms with Gasteiger partial charge in [-0.15, -0.1) is 0 Å². The maximum Gasteiger partial charge on any atom is 0.305 e. The second kappa shape index (κ2) is 10.2. The molecule has 0 heterocycles. The molecular weight excluding hydrogens is 204 g/mol. The van der Waals surface area contributed by atoms with Crippen LogP contribution in [0.4, 0.5) is 0 Å². The van der Waals surface area contributed by atoms with Gasteiger partial charge in [0, 0.05) is 15.8 Å². The van der Waals surface area contributed by atoms with Gasteiger partial charge in [-0.25, -0.2) is 0 Å². The fourth-order valence-electron chi connectivity index (χ4n) is 1.57. The van der Waals surface area contributed by atoms with Crippen LogP contribution in [0.15, 0.2) is 0 Å². The van der Waals surface area contributed by atoms with Crippen molar-refractivity contribution in [1.29, 1.82) is 0 Å². The molecule has 0 aliphatic heterocycles. The molecule has 0 N–H and O–H groups in total. The Balaban J connectivity index is 3.30. The molecule has 0 radical (unpaired) electrons. The molecule has 0 fully saturated rings. The predicted octanol–water partition coefficient (Wildman–Crippen LogP) is 2.45. The maximum atomic E-state index is 11.4. The predicted molar refractivity (Wildman–Crippen MR) is 68.3 cm³/mol. The molecule has 90 valence electrons. The summed E-state index contributed by atoms with van der Waals surface area (Å²) in [5, 5.41) is 0. The summed E-state index contributed by atoms with van der Waals surface area (Å²) in [6, 6.07) is 0. The minimum atomic E-state index is 0.0407. The van der Waals surface area contributed by atoms with E-state index in [1.165, 1.54) is 25.7 Å². The summed E-state index contributed by atoms with van der Waals surface area (Å²) in [4.78, 5) is 11.4. The number of carbonyl (C=O) groups is 1. The van der Waals surface area contributed by atoms with Crippen molar-refractivity contribution in [3.63, 3.8) is 0 Å². The molecule has 0 spiro atoms. The Morgan fingerprint density at radius 3 is 2.40 bits per heavy atom. The normalized spacial score (nSPS) is 12.7. The lowest BCUT2D eigenvalue weighted by Gasteiger charge is -2.09. The van der Waals surface area contributed by atoms with E-state index in [4.69, 9.17) is 4.74 Å². The molecule has 0 amide bonds. The number of hydrogen-bond donors (Lipinski definition) is 0. The maximum absolute atomic E-state index is 11.4. The number of esters is 1. The van der Waals surface area contributed by atoms with Gasteiger partial charge < -0.3 is 4.74 Å². The van der Waals surface area contributed by atoms with E-state index < -0.39 is 0 Å². The summed E-state index contributed by atoms with van der Waals surface area (Å²) in [7, 11) is 0.928. The monoisotopic (exact) mass is 230 g/mol. The largest absolute Gasteiger partial charge is 0.466 e. The Morgan fingerprint density at radius 2 is 1.80 bits per heavy atom. The van der Waals surface area contributed by atoms with E-state index in [1.807, 2.05) is 0 Å². The first-order valence-corrected chi connectivity index (χ1v) is 7.54. The molecule has 0 aromatic carbocycles. The van der Waals surface area contributed by atoms with E-state index in [0.717, 1.165) is 29.5 Å². The SMILES string of the molecule is CCCCCCCOC(=O)C([SiH3])CCC. The molecule has 0 saturated carbocycles. The third kappa shape index (κ3) is 8.67. The van der Waals surface area contributed by atoms with Crippen LogP contribution in [-0.2, 0) is 9.53 Å². The summed E-state index contributed by atoms with van der Waals surface area (Å²) < 4.78 is 5.23. The number of hydrogen-bond acceptors (Lipinski definition) is 2. The fraction of sp³-hybridized carbons (Fsp3) is 0.917. The molecule has 0 aliphatic rings. The molecule has 0 saturated heterocycles. The number of carbonyl (C=O) groups excluding carboxylic acids is 1.